The topological polar surface area (TPSA) is 114 Å². The van der Waals surface area contributed by atoms with Gasteiger partial charge in [0.1, 0.15) is 15.9 Å². The van der Waals surface area contributed by atoms with E-state index in [0.29, 0.717) is 31.2 Å². The number of hydrogen-bond donors (Lipinski definition) is 1. The van der Waals surface area contributed by atoms with E-state index in [-0.39, 0.29) is 26.9 Å². The summed E-state index contributed by atoms with van der Waals surface area (Å²) in [4.78, 5) is 26.6. The van der Waals surface area contributed by atoms with Crippen LogP contribution < -0.4 is 5.14 Å². The molecule has 2 atom stereocenters. The predicted molar refractivity (Wildman–Crippen MR) is 175 cm³/mol. The maximum absolute atomic E-state index is 13.5. The molecule has 2 aromatic heterocycles. The number of benzene rings is 2. The van der Waals surface area contributed by atoms with E-state index in [9.17, 15) is 13.2 Å². The van der Waals surface area contributed by atoms with Crippen molar-refractivity contribution in [1.82, 2.24) is 24.3 Å². The van der Waals surface area contributed by atoms with Crippen LogP contribution in [0.3, 0.4) is 0 Å². The van der Waals surface area contributed by atoms with E-state index in [1.54, 1.807) is 4.90 Å². The number of sulfonamides is 1. The maximum atomic E-state index is 13.5. The molecule has 9 nitrogen and oxygen atoms in total. The van der Waals surface area contributed by atoms with Crippen molar-refractivity contribution in [3.8, 4) is 0 Å². The van der Waals surface area contributed by atoms with Crippen LogP contribution in [0.25, 0.3) is 11.0 Å². The first-order valence-electron chi connectivity index (χ1n) is 15.9. The number of halogens is 1. The fourth-order valence-electron chi connectivity index (χ4n) is 8.31. The number of piperidine rings is 2. The maximum Gasteiger partial charge on any atom is 0.257 e. The minimum absolute atomic E-state index is 0.0231. The summed E-state index contributed by atoms with van der Waals surface area (Å²) in [5.74, 6) is 0.786. The second kappa shape index (κ2) is 11.8. The molecular weight excluding hydrogens is 608 g/mol. The molecular formula is C34H39ClN6O3S. The molecule has 0 aliphatic carbocycles. The van der Waals surface area contributed by atoms with Gasteiger partial charge in [-0.2, -0.15) is 0 Å². The van der Waals surface area contributed by atoms with Gasteiger partial charge in [-0.05, 0) is 87.6 Å². The quantitative estimate of drug-likeness (QED) is 0.266. The van der Waals surface area contributed by atoms with Crippen molar-refractivity contribution in [1.29, 1.82) is 0 Å². The molecule has 236 valence electrons. The number of nitrogens with two attached hydrogens (primary N) is 1. The Morgan fingerprint density at radius 2 is 1.67 bits per heavy atom. The number of para-hydroxylation sites is 2. The molecule has 2 unspecified atom stereocenters. The van der Waals surface area contributed by atoms with Gasteiger partial charge in [-0.15, -0.1) is 0 Å². The number of likely N-dealkylation sites (tertiary alicyclic amines) is 1. The van der Waals surface area contributed by atoms with Gasteiger partial charge in [-0.3, -0.25) is 9.69 Å². The van der Waals surface area contributed by atoms with E-state index in [4.69, 9.17) is 21.7 Å². The number of carbonyl (C=O) groups excluding carboxylic acids is 1. The summed E-state index contributed by atoms with van der Waals surface area (Å²) in [6.45, 7) is 4.26. The van der Waals surface area contributed by atoms with Crippen LogP contribution in [0.4, 0.5) is 0 Å². The minimum atomic E-state index is -4.01. The Balaban J connectivity index is 1.07. The number of primary sulfonamides is 1. The van der Waals surface area contributed by atoms with E-state index < -0.39 is 10.0 Å². The van der Waals surface area contributed by atoms with Crippen molar-refractivity contribution in [3.05, 3.63) is 89.0 Å². The second-order valence-electron chi connectivity index (χ2n) is 13.0. The Morgan fingerprint density at radius 1 is 1.00 bits per heavy atom. The minimum Gasteiger partial charge on any atom is -0.338 e. The zero-order chi connectivity index (χ0) is 31.3. The van der Waals surface area contributed by atoms with Crippen molar-refractivity contribution in [3.63, 3.8) is 0 Å². The molecule has 0 spiro atoms. The van der Waals surface area contributed by atoms with E-state index >= 15 is 0 Å². The zero-order valence-electron chi connectivity index (χ0n) is 25.5. The van der Waals surface area contributed by atoms with Crippen molar-refractivity contribution < 1.29 is 13.2 Å². The van der Waals surface area contributed by atoms with Gasteiger partial charge in [0.25, 0.3) is 5.91 Å². The normalized spacial score (nSPS) is 23.4. The first-order chi connectivity index (χ1) is 21.6. The van der Waals surface area contributed by atoms with E-state index in [1.165, 1.54) is 30.0 Å². The van der Waals surface area contributed by atoms with Crippen molar-refractivity contribution in [2.45, 2.75) is 80.3 Å². The van der Waals surface area contributed by atoms with Gasteiger partial charge < -0.3 is 9.47 Å². The first-order valence-corrected chi connectivity index (χ1v) is 17.8. The molecule has 3 aliphatic heterocycles. The standard InChI is InChI=1S/C34H39ClN6O3S/c1-23-38-30-9-5-6-10-31(30)41(23)27-19-25-11-12-26(20-27)40(25)18-15-34(24-7-3-2-4-8-24)13-16-39(17-14-34)33(42)29-21-28(45(36,43)44)22-37-32(29)35/h2-10,21-22,25-27H,11-20H2,1H3,(H2,36,43,44). The van der Waals surface area contributed by atoms with Crippen LogP contribution in [0.5, 0.6) is 0 Å². The number of fused-ring (bicyclic) bond motifs is 3. The number of amides is 1. The van der Waals surface area contributed by atoms with E-state index in [1.807, 2.05) is 0 Å². The lowest BCUT2D eigenvalue weighted by molar-refractivity contribution is 0.0606. The van der Waals surface area contributed by atoms with Gasteiger partial charge in [0.05, 0.1) is 16.6 Å². The van der Waals surface area contributed by atoms with Gasteiger partial charge in [-0.25, -0.2) is 23.5 Å². The number of pyridine rings is 1. The Labute approximate surface area is 269 Å². The van der Waals surface area contributed by atoms with Crippen molar-refractivity contribution in [2.24, 2.45) is 5.14 Å². The van der Waals surface area contributed by atoms with Gasteiger partial charge in [0.15, 0.2) is 0 Å². The summed E-state index contributed by atoms with van der Waals surface area (Å²) < 4.78 is 26.3. The van der Waals surface area contributed by atoms with Crippen molar-refractivity contribution in [2.75, 3.05) is 19.6 Å². The second-order valence-corrected chi connectivity index (χ2v) is 14.9. The average molecular weight is 647 g/mol. The first kappa shape index (κ1) is 30.3. The number of rotatable bonds is 7. The average Bonchev–Trinajstić information content (AvgIpc) is 3.50. The van der Waals surface area contributed by atoms with Gasteiger partial charge in [-0.1, -0.05) is 54.1 Å². The lowest BCUT2D eigenvalue weighted by Gasteiger charge is -2.45. The molecule has 3 fully saturated rings. The Hall–Kier alpha value is -3.31. The van der Waals surface area contributed by atoms with Gasteiger partial charge in [0, 0.05) is 37.4 Å². The summed E-state index contributed by atoms with van der Waals surface area (Å²) in [6, 6.07) is 22.0. The van der Waals surface area contributed by atoms with E-state index in [2.05, 4.69) is 76.0 Å². The fourth-order valence-corrected chi connectivity index (χ4v) is 8.97. The van der Waals surface area contributed by atoms with Crippen LogP contribution in [0.2, 0.25) is 5.15 Å². The highest BCUT2D eigenvalue weighted by atomic mass is 35.5. The van der Waals surface area contributed by atoms with Crippen LogP contribution in [0.1, 0.15) is 72.7 Å². The molecule has 0 saturated carbocycles. The Kier molecular flexibility index (Phi) is 7.96. The van der Waals surface area contributed by atoms with Crippen LogP contribution in [-0.2, 0) is 15.4 Å². The lowest BCUT2D eigenvalue weighted by atomic mass is 9.70. The van der Waals surface area contributed by atoms with Crippen LogP contribution in [0.15, 0.2) is 71.8 Å². The molecule has 0 radical (unpaired) electrons. The summed E-state index contributed by atoms with van der Waals surface area (Å²) >= 11 is 6.26. The fraction of sp³-hybridized carbons (Fsp3) is 0.441. The molecule has 2 bridgehead atoms. The zero-order valence-corrected chi connectivity index (χ0v) is 27.1. The highest BCUT2D eigenvalue weighted by Crippen LogP contribution is 2.45. The molecule has 11 heteroatoms. The smallest absolute Gasteiger partial charge is 0.257 e. The largest absolute Gasteiger partial charge is 0.338 e. The summed E-state index contributed by atoms with van der Waals surface area (Å²) in [5, 5.41) is 5.27. The number of hydrogen-bond acceptors (Lipinski definition) is 6. The number of imidazole rings is 1. The van der Waals surface area contributed by atoms with E-state index in [0.717, 1.165) is 56.2 Å². The van der Waals surface area contributed by atoms with Crippen LogP contribution >= 0.6 is 11.6 Å². The molecule has 2 aromatic carbocycles. The molecule has 7 rings (SSSR count). The molecule has 2 N–H and O–H groups in total. The molecule has 5 heterocycles. The van der Waals surface area contributed by atoms with Gasteiger partial charge >= 0.3 is 0 Å². The number of carbonyl (C=O) groups is 1. The van der Waals surface area contributed by atoms with Crippen LogP contribution in [-0.4, -0.2) is 70.4 Å². The lowest BCUT2D eigenvalue weighted by Crippen LogP contribution is -2.49. The third kappa shape index (κ3) is 5.67. The Bertz CT molecular complexity index is 1820. The monoisotopic (exact) mass is 646 g/mol. The van der Waals surface area contributed by atoms with Crippen LogP contribution in [0, 0.1) is 6.92 Å². The summed E-state index contributed by atoms with van der Waals surface area (Å²) in [6.07, 6.45) is 8.49. The predicted octanol–water partition coefficient (Wildman–Crippen LogP) is 5.47. The molecule has 4 aromatic rings. The summed E-state index contributed by atoms with van der Waals surface area (Å²) in [5.41, 5.74) is 3.64. The van der Waals surface area contributed by atoms with Crippen molar-refractivity contribution >= 4 is 38.6 Å². The molecule has 1 amide bonds. The molecule has 3 saturated heterocycles. The number of nitrogens with zero attached hydrogens (tertiary/aromatic N) is 5. The highest BCUT2D eigenvalue weighted by molar-refractivity contribution is 7.89. The molecule has 45 heavy (non-hydrogen) atoms. The highest BCUT2D eigenvalue weighted by Gasteiger charge is 2.44. The summed E-state index contributed by atoms with van der Waals surface area (Å²) in [7, 11) is -4.01. The number of aryl methyl sites for hydroxylation is 1. The Morgan fingerprint density at radius 3 is 2.36 bits per heavy atom. The third-order valence-corrected chi connectivity index (χ3v) is 11.8. The number of aromatic nitrogens is 3. The van der Waals surface area contributed by atoms with Gasteiger partial charge in [0.2, 0.25) is 10.0 Å². The SMILES string of the molecule is Cc1nc2ccccc2n1C1CC2CCC(C1)N2CCC1(c2ccccc2)CCN(C(=O)c2cc(S(N)(=O)=O)cnc2Cl)CC1. The third-order valence-electron chi connectivity index (χ3n) is 10.6. The molecule has 3 aliphatic rings.